The summed E-state index contributed by atoms with van der Waals surface area (Å²) in [6.45, 7) is 5.38. The maximum atomic E-state index is 7.96. The zero-order valence-electron chi connectivity index (χ0n) is 11.9. The average molecular weight is 262 g/mol. The van der Waals surface area contributed by atoms with Gasteiger partial charge in [-0.25, -0.2) is 0 Å². The first-order valence-corrected chi connectivity index (χ1v) is 6.55. The smallest absolute Gasteiger partial charge is 0.195 e. The molecule has 2 N–H and O–H groups in total. The molecule has 0 bridgehead atoms. The Morgan fingerprint density at radius 3 is 2.63 bits per heavy atom. The summed E-state index contributed by atoms with van der Waals surface area (Å²) in [7, 11) is 3.73. The van der Waals surface area contributed by atoms with Crippen LogP contribution in [0.4, 0.5) is 11.4 Å². The molecule has 0 aromatic heterocycles. The molecular weight excluding hydrogens is 240 g/mol. The fourth-order valence-corrected chi connectivity index (χ4v) is 2.11. The Labute approximate surface area is 114 Å². The maximum absolute atomic E-state index is 7.96. The van der Waals surface area contributed by atoms with Gasteiger partial charge in [-0.15, -0.1) is 0 Å². The fourth-order valence-electron chi connectivity index (χ4n) is 2.11. The molecule has 1 heterocycles. The van der Waals surface area contributed by atoms with Gasteiger partial charge < -0.3 is 19.9 Å². The van der Waals surface area contributed by atoms with E-state index in [1.54, 1.807) is 4.90 Å². The molecule has 5 nitrogen and oxygen atoms in total. The summed E-state index contributed by atoms with van der Waals surface area (Å²) < 4.78 is 5.40. The minimum absolute atomic E-state index is 0.392. The molecule has 5 heteroatoms. The van der Waals surface area contributed by atoms with E-state index in [0.717, 1.165) is 43.2 Å². The van der Waals surface area contributed by atoms with Crippen LogP contribution in [0.5, 0.6) is 0 Å². The topological polar surface area (TPSA) is 51.6 Å². The average Bonchev–Trinajstić information content (AvgIpc) is 2.41. The lowest BCUT2D eigenvalue weighted by Gasteiger charge is -2.31. The van der Waals surface area contributed by atoms with Crippen LogP contribution >= 0.6 is 0 Å². The summed E-state index contributed by atoms with van der Waals surface area (Å²) in [6.07, 6.45) is 0. The van der Waals surface area contributed by atoms with Crippen LogP contribution in [0.3, 0.4) is 0 Å². The van der Waals surface area contributed by atoms with Gasteiger partial charge in [0.1, 0.15) is 0 Å². The summed E-state index contributed by atoms with van der Waals surface area (Å²) >= 11 is 0. The van der Waals surface area contributed by atoms with Gasteiger partial charge in [-0.2, -0.15) is 0 Å². The van der Waals surface area contributed by atoms with Gasteiger partial charge in [0.05, 0.1) is 24.6 Å². The summed E-state index contributed by atoms with van der Waals surface area (Å²) in [4.78, 5) is 4.07. The first-order chi connectivity index (χ1) is 9.09. The molecule has 2 rings (SSSR count). The molecule has 0 radical (unpaired) electrons. The number of para-hydroxylation sites is 1. The molecule has 0 unspecified atom stereocenters. The zero-order chi connectivity index (χ0) is 13.8. The molecule has 0 spiro atoms. The molecule has 0 atom stereocenters. The third-order valence-electron chi connectivity index (χ3n) is 3.29. The van der Waals surface area contributed by atoms with Crippen LogP contribution in [0, 0.1) is 12.3 Å². The van der Waals surface area contributed by atoms with Crippen LogP contribution in [0.15, 0.2) is 18.2 Å². The van der Waals surface area contributed by atoms with Gasteiger partial charge in [0.15, 0.2) is 5.96 Å². The predicted molar refractivity (Wildman–Crippen MR) is 79.2 cm³/mol. The van der Waals surface area contributed by atoms with E-state index in [2.05, 4.69) is 35.3 Å². The zero-order valence-corrected chi connectivity index (χ0v) is 11.9. The number of aryl methyl sites for hydroxylation is 1. The number of nitrogens with one attached hydrogen (secondary N) is 2. The van der Waals surface area contributed by atoms with E-state index in [1.807, 2.05) is 14.1 Å². The second-order valence-electron chi connectivity index (χ2n) is 4.94. The number of benzene rings is 1. The van der Waals surface area contributed by atoms with Crippen LogP contribution in [-0.4, -0.2) is 51.3 Å². The first-order valence-electron chi connectivity index (χ1n) is 6.55. The number of hydrogen-bond acceptors (Lipinski definition) is 3. The molecule has 104 valence electrons. The van der Waals surface area contributed by atoms with E-state index in [1.165, 1.54) is 0 Å². The molecule has 19 heavy (non-hydrogen) atoms. The van der Waals surface area contributed by atoms with E-state index in [4.69, 9.17) is 10.1 Å². The van der Waals surface area contributed by atoms with Crippen LogP contribution < -0.4 is 10.2 Å². The first kappa shape index (κ1) is 13.7. The number of morpholine rings is 1. The SMILES string of the molecule is Cc1cccc(N2CCOCC2)c1NC(=N)N(C)C. The van der Waals surface area contributed by atoms with Crippen molar-refractivity contribution in [3.8, 4) is 0 Å². The molecule has 1 aliphatic heterocycles. The predicted octanol–water partition coefficient (Wildman–Crippen LogP) is 1.74. The standard InChI is InChI=1S/C14H22N4O/c1-11-5-4-6-12(18-7-9-19-10-8-18)13(11)16-14(15)17(2)3/h4-6H,7-10H2,1-3H3,(H2,15,16). The highest BCUT2D eigenvalue weighted by molar-refractivity contribution is 5.95. The lowest BCUT2D eigenvalue weighted by atomic mass is 10.1. The minimum Gasteiger partial charge on any atom is -0.378 e. The van der Waals surface area contributed by atoms with Crippen molar-refractivity contribution in [3.63, 3.8) is 0 Å². The Morgan fingerprint density at radius 1 is 1.32 bits per heavy atom. The Morgan fingerprint density at radius 2 is 2.00 bits per heavy atom. The summed E-state index contributed by atoms with van der Waals surface area (Å²) in [5.41, 5.74) is 3.31. The van der Waals surface area contributed by atoms with Crippen molar-refractivity contribution in [2.45, 2.75) is 6.92 Å². The molecule has 1 aliphatic rings. The Balaban J connectivity index is 2.27. The summed E-state index contributed by atoms with van der Waals surface area (Å²) in [5, 5.41) is 11.2. The molecule has 0 saturated carbocycles. The van der Waals surface area contributed by atoms with Gasteiger partial charge in [0, 0.05) is 27.2 Å². The number of rotatable bonds is 2. The van der Waals surface area contributed by atoms with E-state index in [9.17, 15) is 0 Å². The van der Waals surface area contributed by atoms with Crippen molar-refractivity contribution in [1.29, 1.82) is 5.41 Å². The van der Waals surface area contributed by atoms with E-state index >= 15 is 0 Å². The van der Waals surface area contributed by atoms with Crippen LogP contribution in [0.25, 0.3) is 0 Å². The molecule has 1 aromatic rings. The number of hydrogen-bond donors (Lipinski definition) is 2. The van der Waals surface area contributed by atoms with Gasteiger partial charge in [0.2, 0.25) is 0 Å². The van der Waals surface area contributed by atoms with E-state index in [0.29, 0.717) is 5.96 Å². The molecule has 1 fully saturated rings. The lowest BCUT2D eigenvalue weighted by molar-refractivity contribution is 0.123. The van der Waals surface area contributed by atoms with Gasteiger partial charge in [-0.1, -0.05) is 12.1 Å². The van der Waals surface area contributed by atoms with Gasteiger partial charge in [-0.3, -0.25) is 5.41 Å². The summed E-state index contributed by atoms with van der Waals surface area (Å²) in [6, 6.07) is 6.23. The van der Waals surface area contributed by atoms with Gasteiger partial charge in [0.25, 0.3) is 0 Å². The largest absolute Gasteiger partial charge is 0.378 e. The van der Waals surface area contributed by atoms with Gasteiger partial charge in [-0.05, 0) is 18.6 Å². The molecule has 0 amide bonds. The third-order valence-corrected chi connectivity index (χ3v) is 3.29. The summed E-state index contributed by atoms with van der Waals surface area (Å²) in [5.74, 6) is 0.392. The number of nitrogens with zero attached hydrogens (tertiary/aromatic N) is 2. The molecule has 1 aromatic carbocycles. The monoisotopic (exact) mass is 262 g/mol. The maximum Gasteiger partial charge on any atom is 0.195 e. The molecule has 1 saturated heterocycles. The normalized spacial score (nSPS) is 15.2. The molecule has 0 aliphatic carbocycles. The number of guanidine groups is 1. The van der Waals surface area contributed by atoms with Crippen molar-refractivity contribution in [2.24, 2.45) is 0 Å². The number of ether oxygens (including phenoxy) is 1. The highest BCUT2D eigenvalue weighted by Crippen LogP contribution is 2.29. The quantitative estimate of drug-likeness (QED) is 0.629. The van der Waals surface area contributed by atoms with Crippen molar-refractivity contribution < 1.29 is 4.74 Å². The van der Waals surface area contributed by atoms with Crippen molar-refractivity contribution in [2.75, 3.05) is 50.6 Å². The van der Waals surface area contributed by atoms with Crippen LogP contribution in [0.1, 0.15) is 5.56 Å². The Kier molecular flexibility index (Phi) is 4.27. The highest BCUT2D eigenvalue weighted by atomic mass is 16.5. The highest BCUT2D eigenvalue weighted by Gasteiger charge is 2.16. The third kappa shape index (κ3) is 3.17. The minimum atomic E-state index is 0.392. The van der Waals surface area contributed by atoms with Crippen molar-refractivity contribution >= 4 is 17.3 Å². The molecular formula is C14H22N4O. The second kappa shape index (κ2) is 5.93. The lowest BCUT2D eigenvalue weighted by Crippen LogP contribution is -2.37. The van der Waals surface area contributed by atoms with Crippen molar-refractivity contribution in [3.05, 3.63) is 23.8 Å². The van der Waals surface area contributed by atoms with Crippen molar-refractivity contribution in [1.82, 2.24) is 4.90 Å². The van der Waals surface area contributed by atoms with Crippen LogP contribution in [0.2, 0.25) is 0 Å². The second-order valence-corrected chi connectivity index (χ2v) is 4.94. The van der Waals surface area contributed by atoms with Gasteiger partial charge >= 0.3 is 0 Å². The fraction of sp³-hybridized carbons (Fsp3) is 0.500. The Bertz CT molecular complexity index is 453. The Hall–Kier alpha value is -1.75. The van der Waals surface area contributed by atoms with E-state index < -0.39 is 0 Å². The van der Waals surface area contributed by atoms with E-state index in [-0.39, 0.29) is 0 Å². The number of anilines is 2. The van der Waals surface area contributed by atoms with Crippen LogP contribution in [-0.2, 0) is 4.74 Å².